The molecule has 0 saturated heterocycles. The van der Waals surface area contributed by atoms with Crippen molar-refractivity contribution in [2.75, 3.05) is 7.11 Å². The molecule has 0 spiro atoms. The Morgan fingerprint density at radius 1 is 0.875 bits per heavy atom. The second kappa shape index (κ2) is 7.74. The van der Waals surface area contributed by atoms with Crippen LogP contribution < -0.4 is 15.1 Å². The van der Waals surface area contributed by atoms with E-state index in [1.807, 2.05) is 24.3 Å². The number of esters is 1. The van der Waals surface area contributed by atoms with Crippen LogP contribution in [0, 0.1) is 6.92 Å². The number of methoxy groups -OCH3 is 1. The molecule has 6 nitrogen and oxygen atoms in total. The molecule has 2 heterocycles. The molecule has 5 rings (SSSR count). The molecule has 0 aliphatic heterocycles. The van der Waals surface area contributed by atoms with Crippen molar-refractivity contribution in [3.63, 3.8) is 0 Å². The van der Waals surface area contributed by atoms with E-state index in [0.717, 1.165) is 5.39 Å². The molecule has 0 fully saturated rings. The first-order valence-corrected chi connectivity index (χ1v) is 9.96. The number of furan rings is 1. The van der Waals surface area contributed by atoms with Crippen molar-refractivity contribution in [3.8, 4) is 22.8 Å². The van der Waals surface area contributed by atoms with E-state index in [-0.39, 0.29) is 0 Å². The lowest BCUT2D eigenvalue weighted by molar-refractivity contribution is 0.0733. The third kappa shape index (κ3) is 3.41. The Morgan fingerprint density at radius 2 is 1.69 bits per heavy atom. The van der Waals surface area contributed by atoms with Crippen LogP contribution in [0.15, 0.2) is 86.4 Å². The number of carbonyl (C=O) groups excluding carboxylic acids is 1. The van der Waals surface area contributed by atoms with Gasteiger partial charge in [-0.3, -0.25) is 0 Å². The normalized spacial score (nSPS) is 11.1. The lowest BCUT2D eigenvalue weighted by Gasteiger charge is -2.10. The number of fused-ring (bicyclic) bond motifs is 2. The van der Waals surface area contributed by atoms with Gasteiger partial charge >= 0.3 is 11.6 Å². The van der Waals surface area contributed by atoms with Gasteiger partial charge in [-0.05, 0) is 48.9 Å². The van der Waals surface area contributed by atoms with Crippen molar-refractivity contribution in [1.29, 1.82) is 0 Å². The number of carbonyl (C=O) groups is 1. The van der Waals surface area contributed by atoms with Gasteiger partial charge in [0.2, 0.25) is 0 Å². The summed E-state index contributed by atoms with van der Waals surface area (Å²) >= 11 is 0. The summed E-state index contributed by atoms with van der Waals surface area (Å²) in [5.41, 5.74) is 2.08. The highest BCUT2D eigenvalue weighted by atomic mass is 16.5. The van der Waals surface area contributed by atoms with Gasteiger partial charge in [0.05, 0.1) is 12.7 Å². The Bertz CT molecular complexity index is 1530. The zero-order chi connectivity index (χ0) is 22.2. The van der Waals surface area contributed by atoms with E-state index in [2.05, 4.69) is 0 Å². The molecule has 0 aliphatic carbocycles. The Balaban J connectivity index is 1.66. The highest BCUT2D eigenvalue weighted by molar-refractivity contribution is 5.97. The van der Waals surface area contributed by atoms with Gasteiger partial charge in [0.25, 0.3) is 0 Å². The second-order valence-electron chi connectivity index (χ2n) is 7.34. The van der Waals surface area contributed by atoms with E-state index in [9.17, 15) is 9.59 Å². The summed E-state index contributed by atoms with van der Waals surface area (Å²) in [6.45, 7) is 1.78. The predicted octanol–water partition coefficient (Wildman–Crippen LogP) is 5.74. The van der Waals surface area contributed by atoms with Crippen LogP contribution in [-0.2, 0) is 0 Å². The number of ether oxygens (including phenoxy) is 2. The molecule has 0 unspecified atom stereocenters. The van der Waals surface area contributed by atoms with E-state index in [1.165, 1.54) is 6.07 Å². The van der Waals surface area contributed by atoms with E-state index in [1.54, 1.807) is 56.5 Å². The number of para-hydroxylation sites is 1. The van der Waals surface area contributed by atoms with Crippen molar-refractivity contribution in [2.24, 2.45) is 0 Å². The third-order valence-corrected chi connectivity index (χ3v) is 5.25. The largest absolute Gasteiger partial charge is 0.493 e. The molecule has 158 valence electrons. The minimum atomic E-state index is -0.506. The lowest BCUT2D eigenvalue weighted by Crippen LogP contribution is -2.09. The smallest absolute Gasteiger partial charge is 0.343 e. The molecule has 0 saturated carbocycles. The average molecular weight is 426 g/mol. The first-order valence-electron chi connectivity index (χ1n) is 9.96. The number of aryl methyl sites for hydroxylation is 1. The molecule has 6 heteroatoms. The fraction of sp³-hybridized carbons (Fsp3) is 0.0769. The van der Waals surface area contributed by atoms with Gasteiger partial charge in [-0.15, -0.1) is 0 Å². The summed E-state index contributed by atoms with van der Waals surface area (Å²) < 4.78 is 22.5. The van der Waals surface area contributed by atoms with E-state index in [0.29, 0.717) is 50.5 Å². The maximum Gasteiger partial charge on any atom is 0.343 e. The fourth-order valence-electron chi connectivity index (χ4n) is 3.67. The standard InChI is InChI=1S/C26H18O6/c1-15-11-22-18(13-21(15)32-26(28)16-7-4-3-5-8-16)19(14-24(27)30-22)23-12-17-9-6-10-20(29-2)25(17)31-23/h3-14H,1-2H3. The topological polar surface area (TPSA) is 78.9 Å². The van der Waals surface area contributed by atoms with Crippen LogP contribution in [0.1, 0.15) is 15.9 Å². The van der Waals surface area contributed by atoms with Crippen LogP contribution in [0.25, 0.3) is 33.3 Å². The SMILES string of the molecule is COc1cccc2cc(-c3cc(=O)oc4cc(C)c(OC(=O)c5ccccc5)cc34)oc12. The third-order valence-electron chi connectivity index (χ3n) is 5.25. The summed E-state index contributed by atoms with van der Waals surface area (Å²) in [4.78, 5) is 24.8. The second-order valence-corrected chi connectivity index (χ2v) is 7.34. The van der Waals surface area contributed by atoms with Crippen LogP contribution in [0.5, 0.6) is 11.5 Å². The van der Waals surface area contributed by atoms with Gasteiger partial charge in [0.1, 0.15) is 17.1 Å². The first kappa shape index (κ1) is 19.6. The number of hydrogen-bond acceptors (Lipinski definition) is 6. The minimum Gasteiger partial charge on any atom is -0.493 e. The molecular formula is C26H18O6. The molecule has 0 amide bonds. The Labute approximate surface area is 182 Å². The lowest BCUT2D eigenvalue weighted by atomic mass is 10.0. The molecular weight excluding hydrogens is 408 g/mol. The quantitative estimate of drug-likeness (QED) is 0.207. The van der Waals surface area contributed by atoms with Crippen LogP contribution >= 0.6 is 0 Å². The number of benzene rings is 3. The monoisotopic (exact) mass is 426 g/mol. The average Bonchev–Trinajstić information content (AvgIpc) is 3.24. The van der Waals surface area contributed by atoms with Crippen LogP contribution in [0.2, 0.25) is 0 Å². The molecule has 5 aromatic rings. The van der Waals surface area contributed by atoms with Crippen molar-refractivity contribution in [1.82, 2.24) is 0 Å². The summed E-state index contributed by atoms with van der Waals surface area (Å²) in [6, 6.07) is 20.9. The van der Waals surface area contributed by atoms with Crippen molar-refractivity contribution >= 4 is 27.9 Å². The Kier molecular flexibility index (Phi) is 4.75. The van der Waals surface area contributed by atoms with Crippen molar-refractivity contribution in [3.05, 3.63) is 94.3 Å². The van der Waals surface area contributed by atoms with E-state index in [4.69, 9.17) is 18.3 Å². The fourth-order valence-corrected chi connectivity index (χ4v) is 3.67. The van der Waals surface area contributed by atoms with Crippen LogP contribution in [-0.4, -0.2) is 13.1 Å². The number of rotatable bonds is 4. The summed E-state index contributed by atoms with van der Waals surface area (Å²) in [5, 5.41) is 1.42. The summed E-state index contributed by atoms with van der Waals surface area (Å²) in [7, 11) is 1.57. The van der Waals surface area contributed by atoms with Gasteiger partial charge in [0, 0.05) is 22.4 Å². The Hall–Kier alpha value is -4.32. The zero-order valence-electron chi connectivity index (χ0n) is 17.4. The molecule has 0 N–H and O–H groups in total. The summed E-state index contributed by atoms with van der Waals surface area (Å²) in [5.74, 6) is 0.969. The highest BCUT2D eigenvalue weighted by Gasteiger charge is 2.18. The molecule has 32 heavy (non-hydrogen) atoms. The van der Waals surface area contributed by atoms with Gasteiger partial charge in [-0.25, -0.2) is 9.59 Å². The van der Waals surface area contributed by atoms with Gasteiger partial charge in [-0.1, -0.05) is 30.3 Å². The van der Waals surface area contributed by atoms with Crippen LogP contribution in [0.4, 0.5) is 0 Å². The zero-order valence-corrected chi connectivity index (χ0v) is 17.4. The maximum absolute atomic E-state index is 12.6. The van der Waals surface area contributed by atoms with Crippen molar-refractivity contribution in [2.45, 2.75) is 6.92 Å². The van der Waals surface area contributed by atoms with Gasteiger partial charge < -0.3 is 18.3 Å². The maximum atomic E-state index is 12.6. The first-order chi connectivity index (χ1) is 15.5. The summed E-state index contributed by atoms with van der Waals surface area (Å²) in [6.07, 6.45) is 0. The predicted molar refractivity (Wildman–Crippen MR) is 120 cm³/mol. The number of hydrogen-bond donors (Lipinski definition) is 0. The molecule has 0 atom stereocenters. The molecule has 2 aromatic heterocycles. The van der Waals surface area contributed by atoms with E-state index >= 15 is 0 Å². The van der Waals surface area contributed by atoms with Crippen LogP contribution in [0.3, 0.4) is 0 Å². The molecule has 0 bridgehead atoms. The van der Waals surface area contributed by atoms with Crippen molar-refractivity contribution < 1.29 is 23.1 Å². The van der Waals surface area contributed by atoms with Gasteiger partial charge in [-0.2, -0.15) is 0 Å². The van der Waals surface area contributed by atoms with E-state index < -0.39 is 11.6 Å². The molecule has 3 aromatic carbocycles. The highest BCUT2D eigenvalue weighted by Crippen LogP contribution is 2.37. The molecule has 0 radical (unpaired) electrons. The Morgan fingerprint density at radius 3 is 2.47 bits per heavy atom. The molecule has 0 aliphatic rings. The van der Waals surface area contributed by atoms with Gasteiger partial charge in [0.15, 0.2) is 11.3 Å². The minimum absolute atomic E-state index is 0.371.